The van der Waals surface area contributed by atoms with Crippen LogP contribution in [-0.4, -0.2) is 31.4 Å². The van der Waals surface area contributed by atoms with Gasteiger partial charge in [0.15, 0.2) is 5.65 Å². The predicted molar refractivity (Wildman–Crippen MR) is 112 cm³/mol. The first-order valence-corrected chi connectivity index (χ1v) is 10.2. The molecule has 2 heterocycles. The number of amides is 1. The van der Waals surface area contributed by atoms with Crippen LogP contribution in [0.3, 0.4) is 0 Å². The van der Waals surface area contributed by atoms with Gasteiger partial charge in [-0.1, -0.05) is 35.5 Å². The highest BCUT2D eigenvalue weighted by molar-refractivity contribution is 8.00. The summed E-state index contributed by atoms with van der Waals surface area (Å²) in [5, 5.41) is 8.52. The van der Waals surface area contributed by atoms with Crippen molar-refractivity contribution in [3.05, 3.63) is 71.6 Å². The zero-order valence-corrected chi connectivity index (χ0v) is 17.2. The molecule has 31 heavy (non-hydrogen) atoms. The molecule has 2 aromatic heterocycles. The third kappa shape index (κ3) is 4.80. The van der Waals surface area contributed by atoms with E-state index in [9.17, 15) is 18.0 Å². The highest BCUT2D eigenvalue weighted by Crippen LogP contribution is 2.31. The number of alkyl halides is 3. The van der Waals surface area contributed by atoms with Crippen molar-refractivity contribution in [3.63, 3.8) is 0 Å². The maximum atomic E-state index is 12.8. The van der Waals surface area contributed by atoms with Crippen LogP contribution >= 0.6 is 23.4 Å². The molecule has 0 fully saturated rings. The van der Waals surface area contributed by atoms with Crippen molar-refractivity contribution in [2.75, 3.05) is 11.1 Å². The van der Waals surface area contributed by atoms with Gasteiger partial charge < -0.3 is 5.32 Å². The number of anilines is 1. The first-order chi connectivity index (χ1) is 14.8. The predicted octanol–water partition coefficient (Wildman–Crippen LogP) is 5.22. The van der Waals surface area contributed by atoms with Gasteiger partial charge in [0.05, 0.1) is 28.6 Å². The van der Waals surface area contributed by atoms with Crippen molar-refractivity contribution in [2.45, 2.75) is 11.2 Å². The standard InChI is InChI=1S/C20H13ClF3N5OS/c21-13-4-2-6-15(8-13)29-18-16(9-27-29)19(26-11-25-18)31-10-17(30)28-14-5-1-3-12(7-14)20(22,23)24/h1-9,11H,10H2,(H,28,30). The van der Waals surface area contributed by atoms with Gasteiger partial charge >= 0.3 is 6.18 Å². The van der Waals surface area contributed by atoms with Gasteiger partial charge in [-0.05, 0) is 36.4 Å². The Morgan fingerprint density at radius 3 is 2.71 bits per heavy atom. The molecule has 6 nitrogen and oxygen atoms in total. The first-order valence-electron chi connectivity index (χ1n) is 8.86. The molecule has 0 unspecified atom stereocenters. The number of hydrogen-bond acceptors (Lipinski definition) is 5. The summed E-state index contributed by atoms with van der Waals surface area (Å²) >= 11 is 7.18. The summed E-state index contributed by atoms with van der Waals surface area (Å²) in [4.78, 5) is 20.7. The molecule has 1 N–H and O–H groups in total. The molecule has 4 aromatic rings. The number of nitrogens with zero attached hydrogens (tertiary/aromatic N) is 4. The lowest BCUT2D eigenvalue weighted by Crippen LogP contribution is -2.15. The van der Waals surface area contributed by atoms with Gasteiger partial charge in [0.1, 0.15) is 11.4 Å². The zero-order chi connectivity index (χ0) is 22.0. The average molecular weight is 464 g/mol. The minimum Gasteiger partial charge on any atom is -0.325 e. The van der Waals surface area contributed by atoms with E-state index < -0.39 is 17.6 Å². The quantitative estimate of drug-likeness (QED) is 0.324. The summed E-state index contributed by atoms with van der Waals surface area (Å²) < 4.78 is 40.1. The number of aromatic nitrogens is 4. The van der Waals surface area contributed by atoms with E-state index in [2.05, 4.69) is 20.4 Å². The van der Waals surface area contributed by atoms with Crippen molar-refractivity contribution in [1.82, 2.24) is 19.7 Å². The van der Waals surface area contributed by atoms with Gasteiger partial charge in [0, 0.05) is 10.7 Å². The minimum atomic E-state index is -4.48. The molecular formula is C20H13ClF3N5OS. The first kappa shape index (κ1) is 21.1. The lowest BCUT2D eigenvalue weighted by atomic mass is 10.2. The molecule has 0 radical (unpaired) electrons. The van der Waals surface area contributed by atoms with E-state index in [4.69, 9.17) is 11.6 Å². The fourth-order valence-electron chi connectivity index (χ4n) is 2.84. The Bertz CT molecular complexity index is 1260. The summed E-state index contributed by atoms with van der Waals surface area (Å²) in [7, 11) is 0. The second-order valence-corrected chi connectivity index (χ2v) is 7.77. The number of carbonyl (C=O) groups excluding carboxylic acids is 1. The van der Waals surface area contributed by atoms with E-state index in [1.54, 1.807) is 29.1 Å². The maximum Gasteiger partial charge on any atom is 0.416 e. The van der Waals surface area contributed by atoms with Crippen LogP contribution < -0.4 is 5.32 Å². The maximum absolute atomic E-state index is 12.8. The zero-order valence-electron chi connectivity index (χ0n) is 15.6. The molecule has 11 heteroatoms. The fraction of sp³-hybridized carbons (Fsp3) is 0.100. The number of benzene rings is 2. The largest absolute Gasteiger partial charge is 0.416 e. The number of fused-ring (bicyclic) bond motifs is 1. The lowest BCUT2D eigenvalue weighted by Gasteiger charge is -2.10. The van der Waals surface area contributed by atoms with Crippen molar-refractivity contribution in [2.24, 2.45) is 0 Å². The van der Waals surface area contributed by atoms with Crippen LogP contribution in [0.5, 0.6) is 0 Å². The van der Waals surface area contributed by atoms with E-state index in [0.29, 0.717) is 21.1 Å². The van der Waals surface area contributed by atoms with Crippen LogP contribution in [0.1, 0.15) is 5.56 Å². The van der Waals surface area contributed by atoms with E-state index in [1.807, 2.05) is 6.07 Å². The topological polar surface area (TPSA) is 72.7 Å². The third-order valence-corrected chi connectivity index (χ3v) is 5.44. The molecule has 0 saturated heterocycles. The molecule has 0 aliphatic rings. The van der Waals surface area contributed by atoms with E-state index in [0.717, 1.165) is 29.6 Å². The van der Waals surface area contributed by atoms with Crippen LogP contribution in [0, 0.1) is 0 Å². The van der Waals surface area contributed by atoms with E-state index >= 15 is 0 Å². The van der Waals surface area contributed by atoms with Crippen LogP contribution in [0.2, 0.25) is 5.02 Å². The number of nitrogens with one attached hydrogen (secondary N) is 1. The van der Waals surface area contributed by atoms with E-state index in [1.165, 1.54) is 18.5 Å². The Hall–Kier alpha value is -3.11. The van der Waals surface area contributed by atoms with Crippen molar-refractivity contribution in [1.29, 1.82) is 0 Å². The second kappa shape index (κ2) is 8.56. The molecule has 0 aliphatic heterocycles. The summed E-state index contributed by atoms with van der Waals surface area (Å²) in [5.41, 5.74) is 0.503. The SMILES string of the molecule is O=C(CSc1ncnc2c1cnn2-c1cccc(Cl)c1)Nc1cccc(C(F)(F)F)c1. The number of rotatable bonds is 5. The van der Waals surface area contributed by atoms with Gasteiger partial charge in [-0.15, -0.1) is 0 Å². The fourth-order valence-corrected chi connectivity index (χ4v) is 3.78. The molecule has 0 bridgehead atoms. The summed E-state index contributed by atoms with van der Waals surface area (Å²) in [6.07, 6.45) is -1.54. The number of hydrogen-bond donors (Lipinski definition) is 1. The number of carbonyl (C=O) groups is 1. The number of thioether (sulfide) groups is 1. The van der Waals surface area contributed by atoms with E-state index in [-0.39, 0.29) is 11.4 Å². The number of halogens is 4. The van der Waals surface area contributed by atoms with Gasteiger partial charge in [-0.3, -0.25) is 4.79 Å². The average Bonchev–Trinajstić information content (AvgIpc) is 3.17. The second-order valence-electron chi connectivity index (χ2n) is 6.37. The van der Waals surface area contributed by atoms with Crippen LogP contribution in [0.15, 0.2) is 66.1 Å². The Labute approximate surface area is 183 Å². The Kier molecular flexibility index (Phi) is 5.84. The van der Waals surface area contributed by atoms with Crippen molar-refractivity contribution in [3.8, 4) is 5.69 Å². The van der Waals surface area contributed by atoms with Crippen LogP contribution in [0.25, 0.3) is 16.7 Å². The van der Waals surface area contributed by atoms with Crippen LogP contribution in [-0.2, 0) is 11.0 Å². The molecule has 2 aromatic carbocycles. The Morgan fingerprint density at radius 2 is 1.94 bits per heavy atom. The molecule has 1 amide bonds. The molecule has 0 spiro atoms. The summed E-state index contributed by atoms with van der Waals surface area (Å²) in [6.45, 7) is 0. The molecule has 158 valence electrons. The van der Waals surface area contributed by atoms with Gasteiger partial charge in [0.25, 0.3) is 0 Å². The smallest absolute Gasteiger partial charge is 0.325 e. The Morgan fingerprint density at radius 1 is 1.13 bits per heavy atom. The highest BCUT2D eigenvalue weighted by atomic mass is 35.5. The van der Waals surface area contributed by atoms with Crippen molar-refractivity contribution >= 4 is 46.0 Å². The Balaban J connectivity index is 1.49. The summed E-state index contributed by atoms with van der Waals surface area (Å²) in [5.74, 6) is -0.511. The molecule has 0 saturated carbocycles. The summed E-state index contributed by atoms with van der Waals surface area (Å²) in [6, 6.07) is 11.6. The van der Waals surface area contributed by atoms with Gasteiger partial charge in [-0.2, -0.15) is 18.3 Å². The van der Waals surface area contributed by atoms with Crippen LogP contribution in [0.4, 0.5) is 18.9 Å². The minimum absolute atomic E-state index is 0.0509. The van der Waals surface area contributed by atoms with Gasteiger partial charge in [-0.25, -0.2) is 14.6 Å². The molecule has 0 atom stereocenters. The lowest BCUT2D eigenvalue weighted by molar-refractivity contribution is -0.137. The normalized spacial score (nSPS) is 11.6. The van der Waals surface area contributed by atoms with Gasteiger partial charge in [0.2, 0.25) is 5.91 Å². The monoisotopic (exact) mass is 463 g/mol. The third-order valence-electron chi connectivity index (χ3n) is 4.20. The highest BCUT2D eigenvalue weighted by Gasteiger charge is 2.30. The molecular weight excluding hydrogens is 451 g/mol. The molecule has 0 aliphatic carbocycles. The molecule has 4 rings (SSSR count). The van der Waals surface area contributed by atoms with Crippen molar-refractivity contribution < 1.29 is 18.0 Å².